The van der Waals surface area contributed by atoms with Gasteiger partial charge in [-0.05, 0) is 25.1 Å². The van der Waals surface area contributed by atoms with Crippen LogP contribution in [0.5, 0.6) is 0 Å². The van der Waals surface area contributed by atoms with Crippen molar-refractivity contribution < 1.29 is 9.59 Å². The van der Waals surface area contributed by atoms with Gasteiger partial charge in [0, 0.05) is 48.7 Å². The molecule has 0 unspecified atom stereocenters. The summed E-state index contributed by atoms with van der Waals surface area (Å²) in [6.45, 7) is 3.90. The molecule has 2 heterocycles. The average molecular weight is 365 g/mol. The molecule has 0 bridgehead atoms. The quantitative estimate of drug-likeness (QED) is 0.570. The van der Waals surface area contributed by atoms with Gasteiger partial charge in [-0.15, -0.1) is 12.4 Å². The molecule has 5 N–H and O–H groups in total. The standard InChI is InChI=1S/C16H20N6O2.ClH/c1-2-18-16(24)20-11-5-3-4-10(8-11)19-15(23)14-12-9-17-7-6-13(12)21-22-14;/h3-5,8,17H,2,6-7,9H2,1H3,(H,19,23)(H,21,22)(H2,18,20,24);1H. The highest BCUT2D eigenvalue weighted by molar-refractivity contribution is 6.04. The first-order chi connectivity index (χ1) is 11.7. The van der Waals surface area contributed by atoms with Crippen LogP contribution in [0, 0.1) is 0 Å². The zero-order valence-corrected chi connectivity index (χ0v) is 14.6. The van der Waals surface area contributed by atoms with Crippen LogP contribution < -0.4 is 21.3 Å². The third-order valence-electron chi connectivity index (χ3n) is 3.74. The van der Waals surface area contributed by atoms with Crippen LogP contribution in [-0.4, -0.2) is 35.2 Å². The normalized spacial score (nSPS) is 12.5. The monoisotopic (exact) mass is 364 g/mol. The number of amides is 3. The lowest BCUT2D eigenvalue weighted by Gasteiger charge is -2.13. The molecule has 1 aliphatic heterocycles. The van der Waals surface area contributed by atoms with E-state index in [1.54, 1.807) is 24.3 Å². The van der Waals surface area contributed by atoms with Crippen molar-refractivity contribution in [3.05, 3.63) is 41.2 Å². The molecule has 1 aliphatic rings. The van der Waals surface area contributed by atoms with Gasteiger partial charge in [-0.2, -0.15) is 5.10 Å². The first-order valence-corrected chi connectivity index (χ1v) is 7.90. The molecule has 3 rings (SSSR count). The van der Waals surface area contributed by atoms with Gasteiger partial charge in [0.15, 0.2) is 5.69 Å². The van der Waals surface area contributed by atoms with Gasteiger partial charge < -0.3 is 21.3 Å². The van der Waals surface area contributed by atoms with Crippen LogP contribution in [0.4, 0.5) is 16.2 Å². The lowest BCUT2D eigenvalue weighted by Crippen LogP contribution is -2.28. The third-order valence-corrected chi connectivity index (χ3v) is 3.74. The Hall–Kier alpha value is -2.58. The van der Waals surface area contributed by atoms with E-state index in [2.05, 4.69) is 31.5 Å². The van der Waals surface area contributed by atoms with Gasteiger partial charge in [0.2, 0.25) is 0 Å². The van der Waals surface area contributed by atoms with Crippen molar-refractivity contribution in [2.45, 2.75) is 19.9 Å². The number of benzene rings is 1. The number of nitrogens with zero attached hydrogens (tertiary/aromatic N) is 1. The van der Waals surface area contributed by atoms with Gasteiger partial charge in [0.25, 0.3) is 5.91 Å². The third kappa shape index (κ3) is 4.49. The van der Waals surface area contributed by atoms with E-state index in [0.717, 1.165) is 24.2 Å². The fourth-order valence-electron chi connectivity index (χ4n) is 2.61. The number of carbonyl (C=O) groups is 2. The molecule has 1 aromatic carbocycles. The number of fused-ring (bicyclic) bond motifs is 1. The summed E-state index contributed by atoms with van der Waals surface area (Å²) in [5.41, 5.74) is 3.51. The Morgan fingerprint density at radius 2 is 2.00 bits per heavy atom. The second-order valence-electron chi connectivity index (χ2n) is 5.48. The van der Waals surface area contributed by atoms with E-state index in [4.69, 9.17) is 0 Å². The summed E-state index contributed by atoms with van der Waals surface area (Å²) >= 11 is 0. The Balaban J connectivity index is 0.00000225. The first kappa shape index (κ1) is 18.8. The highest BCUT2D eigenvalue weighted by Crippen LogP contribution is 2.19. The zero-order valence-electron chi connectivity index (χ0n) is 13.8. The molecule has 25 heavy (non-hydrogen) atoms. The van der Waals surface area contributed by atoms with Crippen LogP contribution in [0.1, 0.15) is 28.7 Å². The van der Waals surface area contributed by atoms with Gasteiger partial charge in [-0.3, -0.25) is 9.89 Å². The molecule has 3 amide bonds. The van der Waals surface area contributed by atoms with Crippen molar-refractivity contribution in [2.24, 2.45) is 0 Å². The van der Waals surface area contributed by atoms with E-state index in [1.807, 2.05) is 6.92 Å². The molecule has 2 aromatic rings. The Labute approximate surface area is 151 Å². The molecule has 0 saturated carbocycles. The van der Waals surface area contributed by atoms with E-state index in [9.17, 15) is 9.59 Å². The molecule has 0 fully saturated rings. The van der Waals surface area contributed by atoms with E-state index in [1.165, 1.54) is 0 Å². The molecular formula is C16H21ClN6O2. The Bertz CT molecular complexity index is 761. The average Bonchev–Trinajstić information content (AvgIpc) is 2.99. The van der Waals surface area contributed by atoms with Crippen LogP contribution >= 0.6 is 12.4 Å². The summed E-state index contributed by atoms with van der Waals surface area (Å²) in [5.74, 6) is -0.272. The van der Waals surface area contributed by atoms with E-state index in [0.29, 0.717) is 30.2 Å². The summed E-state index contributed by atoms with van der Waals surface area (Å²) in [6.07, 6.45) is 0.835. The number of hydrogen-bond acceptors (Lipinski definition) is 4. The van der Waals surface area contributed by atoms with Gasteiger partial charge in [-0.1, -0.05) is 6.07 Å². The van der Waals surface area contributed by atoms with Crippen LogP contribution in [0.15, 0.2) is 24.3 Å². The summed E-state index contributed by atoms with van der Waals surface area (Å²) in [6, 6.07) is 6.69. The second-order valence-corrected chi connectivity index (χ2v) is 5.48. The van der Waals surface area contributed by atoms with Crippen molar-refractivity contribution in [1.29, 1.82) is 0 Å². The van der Waals surface area contributed by atoms with Crippen LogP contribution in [0.3, 0.4) is 0 Å². The highest BCUT2D eigenvalue weighted by Gasteiger charge is 2.21. The minimum atomic E-state index is -0.284. The van der Waals surface area contributed by atoms with Gasteiger partial charge in [0.1, 0.15) is 0 Å². The Morgan fingerprint density at radius 3 is 2.76 bits per heavy atom. The number of aromatic nitrogens is 2. The molecule has 1 aromatic heterocycles. The molecule has 8 nitrogen and oxygen atoms in total. The van der Waals surface area contributed by atoms with E-state index < -0.39 is 0 Å². The van der Waals surface area contributed by atoms with Crippen molar-refractivity contribution in [3.8, 4) is 0 Å². The van der Waals surface area contributed by atoms with Crippen LogP contribution in [0.2, 0.25) is 0 Å². The first-order valence-electron chi connectivity index (χ1n) is 7.90. The number of aromatic amines is 1. The lowest BCUT2D eigenvalue weighted by atomic mass is 10.1. The second kappa shape index (κ2) is 8.50. The Kier molecular flexibility index (Phi) is 6.37. The maximum atomic E-state index is 12.5. The number of anilines is 2. The number of carbonyl (C=O) groups excluding carboxylic acids is 2. The number of rotatable bonds is 4. The lowest BCUT2D eigenvalue weighted by molar-refractivity contribution is 0.102. The molecule has 0 aliphatic carbocycles. The van der Waals surface area contributed by atoms with Crippen LogP contribution in [-0.2, 0) is 13.0 Å². The summed E-state index contributed by atoms with van der Waals surface area (Å²) in [5, 5.41) is 18.5. The van der Waals surface area contributed by atoms with Gasteiger partial charge in [-0.25, -0.2) is 4.79 Å². The van der Waals surface area contributed by atoms with Crippen LogP contribution in [0.25, 0.3) is 0 Å². The molecule has 0 spiro atoms. The zero-order chi connectivity index (χ0) is 16.9. The largest absolute Gasteiger partial charge is 0.338 e. The minimum absolute atomic E-state index is 0. The minimum Gasteiger partial charge on any atom is -0.338 e. The van der Waals surface area contributed by atoms with Crippen molar-refractivity contribution in [2.75, 3.05) is 23.7 Å². The fourth-order valence-corrected chi connectivity index (χ4v) is 2.61. The number of hydrogen-bond donors (Lipinski definition) is 5. The SMILES string of the molecule is CCNC(=O)Nc1cccc(NC(=O)c2n[nH]c3c2CNCC3)c1.Cl. The predicted molar refractivity (Wildman–Crippen MR) is 98.3 cm³/mol. The predicted octanol–water partition coefficient (Wildman–Crippen LogP) is 1.87. The van der Waals surface area contributed by atoms with Crippen molar-refractivity contribution >= 4 is 35.7 Å². The maximum Gasteiger partial charge on any atom is 0.319 e. The molecular weight excluding hydrogens is 344 g/mol. The molecule has 0 radical (unpaired) electrons. The molecule has 0 saturated heterocycles. The van der Waals surface area contributed by atoms with E-state index >= 15 is 0 Å². The number of nitrogens with one attached hydrogen (secondary N) is 5. The number of urea groups is 1. The van der Waals surface area contributed by atoms with Crippen molar-refractivity contribution in [3.63, 3.8) is 0 Å². The highest BCUT2D eigenvalue weighted by atomic mass is 35.5. The fraction of sp³-hybridized carbons (Fsp3) is 0.312. The maximum absolute atomic E-state index is 12.5. The summed E-state index contributed by atoms with van der Waals surface area (Å²) in [7, 11) is 0. The van der Waals surface area contributed by atoms with Gasteiger partial charge in [0.05, 0.1) is 0 Å². The molecule has 9 heteroatoms. The smallest absolute Gasteiger partial charge is 0.319 e. The van der Waals surface area contributed by atoms with E-state index in [-0.39, 0.29) is 24.3 Å². The summed E-state index contributed by atoms with van der Waals surface area (Å²) < 4.78 is 0. The molecule has 134 valence electrons. The number of halogens is 1. The number of H-pyrrole nitrogens is 1. The topological polar surface area (TPSA) is 111 Å². The Morgan fingerprint density at radius 1 is 1.24 bits per heavy atom. The summed E-state index contributed by atoms with van der Waals surface area (Å²) in [4.78, 5) is 24.0. The van der Waals surface area contributed by atoms with Gasteiger partial charge >= 0.3 is 6.03 Å². The molecule has 0 atom stereocenters. The van der Waals surface area contributed by atoms with Crippen molar-refractivity contribution in [1.82, 2.24) is 20.8 Å².